The molecular weight excluding hydrogens is 232 g/mol. The zero-order valence-corrected chi connectivity index (χ0v) is 12.9. The van der Waals surface area contributed by atoms with E-state index in [2.05, 4.69) is 63.1 Å². The van der Waals surface area contributed by atoms with Crippen molar-refractivity contribution in [3.8, 4) is 0 Å². The first kappa shape index (κ1) is 14.1. The summed E-state index contributed by atoms with van der Waals surface area (Å²) in [6.07, 6.45) is 1.09. The molecule has 0 aliphatic heterocycles. The van der Waals surface area contributed by atoms with Crippen molar-refractivity contribution in [3.05, 3.63) is 35.0 Å². The van der Waals surface area contributed by atoms with Crippen LogP contribution in [-0.4, -0.2) is 18.1 Å². The van der Waals surface area contributed by atoms with Gasteiger partial charge >= 0.3 is 0 Å². The molecule has 0 amide bonds. The highest BCUT2D eigenvalue weighted by Gasteiger charge is 2.16. The van der Waals surface area contributed by atoms with Gasteiger partial charge in [0.1, 0.15) is 0 Å². The number of H-pyrrole nitrogens is 1. The Morgan fingerprint density at radius 3 is 2.58 bits per heavy atom. The molecule has 0 saturated heterocycles. The highest BCUT2D eigenvalue weighted by Crippen LogP contribution is 2.29. The van der Waals surface area contributed by atoms with Gasteiger partial charge in [-0.2, -0.15) is 0 Å². The topological polar surface area (TPSA) is 27.8 Å². The van der Waals surface area contributed by atoms with Crippen LogP contribution in [0.3, 0.4) is 0 Å². The van der Waals surface area contributed by atoms with Gasteiger partial charge < -0.3 is 10.3 Å². The Hall–Kier alpha value is -1.28. The van der Waals surface area contributed by atoms with Gasteiger partial charge in [-0.15, -0.1) is 0 Å². The van der Waals surface area contributed by atoms with Crippen molar-refractivity contribution in [2.45, 2.75) is 46.5 Å². The van der Waals surface area contributed by atoms with Crippen molar-refractivity contribution in [3.63, 3.8) is 0 Å². The van der Waals surface area contributed by atoms with Crippen LogP contribution in [0.15, 0.2) is 18.2 Å². The third-order valence-electron chi connectivity index (χ3n) is 3.79. The van der Waals surface area contributed by atoms with Crippen molar-refractivity contribution in [1.82, 2.24) is 10.3 Å². The summed E-state index contributed by atoms with van der Waals surface area (Å²) < 4.78 is 0. The van der Waals surface area contributed by atoms with Crippen molar-refractivity contribution >= 4 is 10.9 Å². The molecule has 0 aliphatic rings. The van der Waals surface area contributed by atoms with Gasteiger partial charge in [-0.25, -0.2) is 0 Å². The molecule has 0 saturated carbocycles. The van der Waals surface area contributed by atoms with Gasteiger partial charge in [-0.05, 0) is 55.1 Å². The Labute approximate surface area is 116 Å². The molecule has 104 valence electrons. The van der Waals surface area contributed by atoms with E-state index in [0.29, 0.717) is 0 Å². The number of likely N-dealkylation sites (N-methyl/N-ethyl adjacent to an activating group) is 1. The summed E-state index contributed by atoms with van der Waals surface area (Å²) in [5.41, 5.74) is 5.64. The summed E-state index contributed by atoms with van der Waals surface area (Å²) in [6, 6.07) is 6.83. The molecule has 0 aliphatic carbocycles. The summed E-state index contributed by atoms with van der Waals surface area (Å²) >= 11 is 0. The summed E-state index contributed by atoms with van der Waals surface area (Å²) in [6.45, 7) is 13.2. The fourth-order valence-electron chi connectivity index (χ4n) is 2.56. The summed E-state index contributed by atoms with van der Waals surface area (Å²) in [7, 11) is 0. The predicted octanol–water partition coefficient (Wildman–Crippen LogP) is 3.93. The molecule has 0 atom stereocenters. The lowest BCUT2D eigenvalue weighted by molar-refractivity contribution is 0.591. The van der Waals surface area contributed by atoms with E-state index in [1.54, 1.807) is 0 Å². The number of rotatable bonds is 4. The SMILES string of the molecule is CCNCCc1c(C)[nH]c2ccc(C(C)(C)C)cc12. The van der Waals surface area contributed by atoms with E-state index in [4.69, 9.17) is 0 Å². The fraction of sp³-hybridized carbons (Fsp3) is 0.529. The number of fused-ring (bicyclic) bond motifs is 1. The van der Waals surface area contributed by atoms with Crippen LogP contribution in [0.5, 0.6) is 0 Å². The molecule has 0 radical (unpaired) electrons. The maximum Gasteiger partial charge on any atom is 0.0459 e. The van der Waals surface area contributed by atoms with Crippen LogP contribution >= 0.6 is 0 Å². The molecule has 1 aromatic heterocycles. The van der Waals surface area contributed by atoms with Crippen LogP contribution in [0.25, 0.3) is 10.9 Å². The van der Waals surface area contributed by atoms with E-state index in [1.165, 1.54) is 27.7 Å². The Balaban J connectivity index is 2.41. The quantitative estimate of drug-likeness (QED) is 0.799. The molecule has 1 aromatic carbocycles. The maximum atomic E-state index is 3.50. The predicted molar refractivity (Wildman–Crippen MR) is 84.0 cm³/mol. The zero-order chi connectivity index (χ0) is 14.0. The van der Waals surface area contributed by atoms with Gasteiger partial charge in [0, 0.05) is 16.6 Å². The minimum atomic E-state index is 0.207. The van der Waals surface area contributed by atoms with Gasteiger partial charge in [0.15, 0.2) is 0 Å². The lowest BCUT2D eigenvalue weighted by Gasteiger charge is -2.19. The molecule has 0 fully saturated rings. The third kappa shape index (κ3) is 3.01. The minimum Gasteiger partial charge on any atom is -0.358 e. The van der Waals surface area contributed by atoms with Gasteiger partial charge in [0.05, 0.1) is 0 Å². The number of nitrogens with one attached hydrogen (secondary N) is 2. The average Bonchev–Trinajstić information content (AvgIpc) is 2.64. The first-order valence-electron chi connectivity index (χ1n) is 7.26. The Morgan fingerprint density at radius 2 is 1.95 bits per heavy atom. The summed E-state index contributed by atoms with van der Waals surface area (Å²) in [5.74, 6) is 0. The molecule has 2 aromatic rings. The van der Waals surface area contributed by atoms with E-state index in [0.717, 1.165) is 19.5 Å². The fourth-order valence-corrected chi connectivity index (χ4v) is 2.56. The van der Waals surface area contributed by atoms with Crippen molar-refractivity contribution < 1.29 is 0 Å². The average molecular weight is 258 g/mol. The van der Waals surface area contributed by atoms with Gasteiger partial charge in [0.25, 0.3) is 0 Å². The first-order valence-corrected chi connectivity index (χ1v) is 7.26. The van der Waals surface area contributed by atoms with E-state index >= 15 is 0 Å². The third-order valence-corrected chi connectivity index (χ3v) is 3.79. The van der Waals surface area contributed by atoms with E-state index in [-0.39, 0.29) is 5.41 Å². The highest BCUT2D eigenvalue weighted by molar-refractivity contribution is 5.85. The lowest BCUT2D eigenvalue weighted by Crippen LogP contribution is -2.16. The Bertz CT molecular complexity index is 558. The lowest BCUT2D eigenvalue weighted by atomic mass is 9.86. The van der Waals surface area contributed by atoms with E-state index in [1.807, 2.05) is 0 Å². The minimum absolute atomic E-state index is 0.207. The number of aromatic nitrogens is 1. The number of aryl methyl sites for hydroxylation is 1. The molecule has 0 unspecified atom stereocenters. The molecule has 2 N–H and O–H groups in total. The Kier molecular flexibility index (Phi) is 4.00. The van der Waals surface area contributed by atoms with E-state index in [9.17, 15) is 0 Å². The summed E-state index contributed by atoms with van der Waals surface area (Å²) in [4.78, 5) is 3.50. The largest absolute Gasteiger partial charge is 0.358 e. The van der Waals surface area contributed by atoms with Crippen LogP contribution in [0.2, 0.25) is 0 Å². The van der Waals surface area contributed by atoms with Crippen LogP contribution in [0.4, 0.5) is 0 Å². The number of hydrogen-bond acceptors (Lipinski definition) is 1. The molecule has 19 heavy (non-hydrogen) atoms. The number of benzene rings is 1. The molecule has 1 heterocycles. The standard InChI is InChI=1S/C17H26N2/c1-6-18-10-9-14-12(2)19-16-8-7-13(11-15(14)16)17(3,4)5/h7-8,11,18-19H,6,9-10H2,1-5H3. The number of hydrogen-bond donors (Lipinski definition) is 2. The molecular formula is C17H26N2. The second-order valence-corrected chi connectivity index (χ2v) is 6.34. The Morgan fingerprint density at radius 1 is 1.21 bits per heavy atom. The molecule has 0 spiro atoms. The first-order chi connectivity index (χ1) is 8.93. The van der Waals surface area contributed by atoms with Gasteiger partial charge in [0.2, 0.25) is 0 Å². The van der Waals surface area contributed by atoms with Crippen LogP contribution in [0.1, 0.15) is 44.5 Å². The smallest absolute Gasteiger partial charge is 0.0459 e. The second-order valence-electron chi connectivity index (χ2n) is 6.34. The van der Waals surface area contributed by atoms with Crippen LogP contribution in [0, 0.1) is 6.92 Å². The molecule has 2 nitrogen and oxygen atoms in total. The van der Waals surface area contributed by atoms with Gasteiger partial charge in [-0.3, -0.25) is 0 Å². The normalized spacial score (nSPS) is 12.3. The van der Waals surface area contributed by atoms with Gasteiger partial charge in [-0.1, -0.05) is 33.8 Å². The maximum absolute atomic E-state index is 3.50. The van der Waals surface area contributed by atoms with E-state index < -0.39 is 0 Å². The highest BCUT2D eigenvalue weighted by atomic mass is 14.8. The van der Waals surface area contributed by atoms with Crippen molar-refractivity contribution in [2.75, 3.05) is 13.1 Å². The van der Waals surface area contributed by atoms with Crippen molar-refractivity contribution in [2.24, 2.45) is 0 Å². The molecule has 2 heteroatoms. The van der Waals surface area contributed by atoms with Crippen molar-refractivity contribution in [1.29, 1.82) is 0 Å². The summed E-state index contributed by atoms with van der Waals surface area (Å²) in [5, 5.41) is 4.80. The zero-order valence-electron chi connectivity index (χ0n) is 12.9. The number of aromatic amines is 1. The van der Waals surface area contributed by atoms with Crippen LogP contribution < -0.4 is 5.32 Å². The molecule has 2 rings (SSSR count). The monoisotopic (exact) mass is 258 g/mol. The molecule has 0 bridgehead atoms. The second kappa shape index (κ2) is 5.38. The van der Waals surface area contributed by atoms with Crippen LogP contribution in [-0.2, 0) is 11.8 Å².